The average molecular weight is 468 g/mol. The van der Waals surface area contributed by atoms with E-state index in [1.54, 1.807) is 24.3 Å². The zero-order valence-corrected chi connectivity index (χ0v) is 18.7. The summed E-state index contributed by atoms with van der Waals surface area (Å²) in [6.07, 6.45) is 0. The summed E-state index contributed by atoms with van der Waals surface area (Å²) < 4.78 is 59.4. The Labute approximate surface area is 182 Å². The number of amides is 1. The highest BCUT2D eigenvalue weighted by Gasteiger charge is 2.26. The fraction of sp³-hybridized carbons (Fsp3) is 0.350. The highest BCUT2D eigenvalue weighted by molar-refractivity contribution is 7.89. The molecule has 0 radical (unpaired) electrons. The predicted molar refractivity (Wildman–Crippen MR) is 114 cm³/mol. The lowest BCUT2D eigenvalue weighted by atomic mass is 10.1. The van der Waals surface area contributed by atoms with Gasteiger partial charge in [-0.2, -0.15) is 4.31 Å². The van der Waals surface area contributed by atoms with E-state index in [-0.39, 0.29) is 35.3 Å². The minimum atomic E-state index is -3.84. The van der Waals surface area contributed by atoms with Crippen LogP contribution in [-0.4, -0.2) is 59.9 Å². The third-order valence-electron chi connectivity index (χ3n) is 4.76. The second-order valence-electron chi connectivity index (χ2n) is 6.87. The van der Waals surface area contributed by atoms with Gasteiger partial charge in [-0.25, -0.2) is 21.6 Å². The van der Waals surface area contributed by atoms with E-state index in [2.05, 4.69) is 10.0 Å². The average Bonchev–Trinajstić information content (AvgIpc) is 2.79. The zero-order valence-electron chi connectivity index (χ0n) is 17.1. The standard InChI is InChI=1S/C20H25N3O6S2/c1-2-21-20(24)17-5-3-16(4-6-17)15-22-30(25,26)18-7-9-19(10-8-18)31(27,28)23-11-13-29-14-12-23/h3-10,22H,2,11-15H2,1H3,(H,21,24). The Morgan fingerprint density at radius 1 is 0.935 bits per heavy atom. The zero-order chi connectivity index (χ0) is 22.5. The van der Waals surface area contributed by atoms with Gasteiger partial charge < -0.3 is 10.1 Å². The molecule has 1 fully saturated rings. The van der Waals surface area contributed by atoms with Crippen molar-refractivity contribution in [2.24, 2.45) is 0 Å². The lowest BCUT2D eigenvalue weighted by Gasteiger charge is -2.26. The molecule has 1 amide bonds. The second-order valence-corrected chi connectivity index (χ2v) is 10.6. The van der Waals surface area contributed by atoms with Crippen molar-refractivity contribution in [1.82, 2.24) is 14.3 Å². The molecule has 0 unspecified atom stereocenters. The van der Waals surface area contributed by atoms with E-state index in [4.69, 9.17) is 4.74 Å². The van der Waals surface area contributed by atoms with Crippen molar-refractivity contribution in [3.63, 3.8) is 0 Å². The molecule has 168 valence electrons. The number of ether oxygens (including phenoxy) is 1. The van der Waals surface area contributed by atoms with E-state index in [9.17, 15) is 21.6 Å². The van der Waals surface area contributed by atoms with Gasteiger partial charge in [0.1, 0.15) is 0 Å². The molecule has 0 bridgehead atoms. The Bertz CT molecular complexity index is 1110. The molecule has 2 aromatic carbocycles. The highest BCUT2D eigenvalue weighted by atomic mass is 32.2. The Balaban J connectivity index is 1.66. The minimum Gasteiger partial charge on any atom is -0.379 e. The molecule has 11 heteroatoms. The number of nitrogens with one attached hydrogen (secondary N) is 2. The van der Waals surface area contributed by atoms with Gasteiger partial charge in [0.05, 0.1) is 23.0 Å². The van der Waals surface area contributed by atoms with Crippen LogP contribution in [0.5, 0.6) is 0 Å². The Morgan fingerprint density at radius 2 is 1.52 bits per heavy atom. The van der Waals surface area contributed by atoms with E-state index in [1.165, 1.54) is 28.6 Å². The Kier molecular flexibility index (Phi) is 7.44. The third kappa shape index (κ3) is 5.69. The van der Waals surface area contributed by atoms with Gasteiger partial charge in [-0.05, 0) is 48.9 Å². The number of sulfonamides is 2. The van der Waals surface area contributed by atoms with Crippen LogP contribution >= 0.6 is 0 Å². The predicted octanol–water partition coefficient (Wildman–Crippen LogP) is 0.936. The number of benzene rings is 2. The van der Waals surface area contributed by atoms with Gasteiger partial charge in [-0.1, -0.05) is 12.1 Å². The lowest BCUT2D eigenvalue weighted by molar-refractivity contribution is 0.0730. The molecule has 0 aromatic heterocycles. The van der Waals surface area contributed by atoms with Crippen molar-refractivity contribution in [2.75, 3.05) is 32.8 Å². The number of carbonyl (C=O) groups excluding carboxylic acids is 1. The summed E-state index contributed by atoms with van der Waals surface area (Å²) >= 11 is 0. The van der Waals surface area contributed by atoms with Gasteiger partial charge in [0, 0.05) is 31.7 Å². The van der Waals surface area contributed by atoms with Gasteiger partial charge in [0.25, 0.3) is 5.91 Å². The molecule has 0 spiro atoms. The first-order valence-electron chi connectivity index (χ1n) is 9.79. The maximum atomic E-state index is 12.7. The van der Waals surface area contributed by atoms with Crippen molar-refractivity contribution in [2.45, 2.75) is 23.3 Å². The number of hydrogen-bond donors (Lipinski definition) is 2. The number of hydrogen-bond acceptors (Lipinski definition) is 6. The van der Waals surface area contributed by atoms with Gasteiger partial charge in [-0.15, -0.1) is 0 Å². The Hall–Kier alpha value is -2.31. The first kappa shape index (κ1) is 23.4. The van der Waals surface area contributed by atoms with Crippen LogP contribution in [0.15, 0.2) is 58.3 Å². The molecule has 1 aliphatic rings. The molecule has 0 atom stereocenters. The van der Waals surface area contributed by atoms with Crippen LogP contribution in [0.4, 0.5) is 0 Å². The largest absolute Gasteiger partial charge is 0.379 e. The van der Waals surface area contributed by atoms with E-state index in [0.29, 0.717) is 30.9 Å². The van der Waals surface area contributed by atoms with E-state index < -0.39 is 20.0 Å². The summed E-state index contributed by atoms with van der Waals surface area (Å²) in [5, 5.41) is 2.69. The van der Waals surface area contributed by atoms with Crippen LogP contribution in [0, 0.1) is 0 Å². The topological polar surface area (TPSA) is 122 Å². The summed E-state index contributed by atoms with van der Waals surface area (Å²) in [5.74, 6) is -0.193. The van der Waals surface area contributed by atoms with Crippen LogP contribution in [0.2, 0.25) is 0 Å². The van der Waals surface area contributed by atoms with Crippen molar-refractivity contribution in [1.29, 1.82) is 0 Å². The molecule has 0 saturated carbocycles. The monoisotopic (exact) mass is 467 g/mol. The van der Waals surface area contributed by atoms with Crippen molar-refractivity contribution in [3.8, 4) is 0 Å². The minimum absolute atomic E-state index is 0.0336. The van der Waals surface area contributed by atoms with Crippen LogP contribution in [0.1, 0.15) is 22.8 Å². The Morgan fingerprint density at radius 3 is 2.10 bits per heavy atom. The first-order valence-corrected chi connectivity index (χ1v) is 12.7. The van der Waals surface area contributed by atoms with Crippen LogP contribution < -0.4 is 10.0 Å². The quantitative estimate of drug-likeness (QED) is 0.596. The SMILES string of the molecule is CCNC(=O)c1ccc(CNS(=O)(=O)c2ccc(S(=O)(=O)N3CCOCC3)cc2)cc1. The van der Waals surface area contributed by atoms with Crippen molar-refractivity contribution in [3.05, 3.63) is 59.7 Å². The number of rotatable bonds is 8. The molecule has 1 saturated heterocycles. The lowest BCUT2D eigenvalue weighted by Crippen LogP contribution is -2.40. The summed E-state index contributed by atoms with van der Waals surface area (Å²) in [6, 6.07) is 11.7. The van der Waals surface area contributed by atoms with E-state index in [1.807, 2.05) is 6.92 Å². The molecular formula is C20H25N3O6S2. The molecule has 0 aliphatic carbocycles. The smallest absolute Gasteiger partial charge is 0.251 e. The normalized spacial score (nSPS) is 15.5. The molecule has 3 rings (SSSR count). The third-order valence-corrected chi connectivity index (χ3v) is 8.09. The maximum Gasteiger partial charge on any atom is 0.251 e. The molecule has 2 aromatic rings. The van der Waals surface area contributed by atoms with Gasteiger partial charge in [0.2, 0.25) is 20.0 Å². The molecule has 1 aliphatic heterocycles. The van der Waals surface area contributed by atoms with Gasteiger partial charge >= 0.3 is 0 Å². The summed E-state index contributed by atoms with van der Waals surface area (Å²) in [4.78, 5) is 11.8. The molecular weight excluding hydrogens is 442 g/mol. The fourth-order valence-electron chi connectivity index (χ4n) is 3.03. The number of nitrogens with zero attached hydrogens (tertiary/aromatic N) is 1. The fourth-order valence-corrected chi connectivity index (χ4v) is 5.45. The van der Waals surface area contributed by atoms with Crippen LogP contribution in [0.3, 0.4) is 0 Å². The summed E-state index contributed by atoms with van der Waals surface area (Å²) in [5.41, 5.74) is 1.17. The molecule has 9 nitrogen and oxygen atoms in total. The second kappa shape index (κ2) is 9.88. The van der Waals surface area contributed by atoms with E-state index in [0.717, 1.165) is 0 Å². The molecule has 31 heavy (non-hydrogen) atoms. The molecule has 1 heterocycles. The highest BCUT2D eigenvalue weighted by Crippen LogP contribution is 2.19. The maximum absolute atomic E-state index is 12.7. The summed E-state index contributed by atoms with van der Waals surface area (Å²) in [6.45, 7) is 3.58. The van der Waals surface area contributed by atoms with E-state index >= 15 is 0 Å². The first-order chi connectivity index (χ1) is 14.7. The van der Waals surface area contributed by atoms with Crippen LogP contribution in [0.25, 0.3) is 0 Å². The van der Waals surface area contributed by atoms with Gasteiger partial charge in [-0.3, -0.25) is 4.79 Å². The van der Waals surface area contributed by atoms with Gasteiger partial charge in [0.15, 0.2) is 0 Å². The summed E-state index contributed by atoms with van der Waals surface area (Å²) in [7, 11) is -7.53. The number of carbonyl (C=O) groups is 1. The van der Waals surface area contributed by atoms with Crippen molar-refractivity contribution < 1.29 is 26.4 Å². The molecule has 2 N–H and O–H groups in total. The van der Waals surface area contributed by atoms with Crippen molar-refractivity contribution >= 4 is 26.0 Å². The number of morpholine rings is 1. The van der Waals surface area contributed by atoms with Crippen LogP contribution in [-0.2, 0) is 31.3 Å².